The number of ether oxygens (including phenoxy) is 2. The van der Waals surface area contributed by atoms with E-state index in [2.05, 4.69) is 4.72 Å². The molecule has 0 aliphatic carbocycles. The van der Waals surface area contributed by atoms with Gasteiger partial charge in [0.2, 0.25) is 0 Å². The van der Waals surface area contributed by atoms with Crippen LogP contribution in [0.5, 0.6) is 5.75 Å². The van der Waals surface area contributed by atoms with E-state index in [-0.39, 0.29) is 17.0 Å². The van der Waals surface area contributed by atoms with Crippen molar-refractivity contribution in [2.75, 3.05) is 18.9 Å². The number of carbonyl (C=O) groups excluding carboxylic acids is 1. The number of hydrogen-bond acceptors (Lipinski definition) is 5. The van der Waals surface area contributed by atoms with Crippen LogP contribution in [0.15, 0.2) is 41.3 Å². The number of nitrogens with one attached hydrogen (secondary N) is 1. The quantitative estimate of drug-likeness (QED) is 0.794. The molecule has 0 heterocycles. The van der Waals surface area contributed by atoms with E-state index in [4.69, 9.17) is 9.47 Å². The Morgan fingerprint density at radius 3 is 2.40 bits per heavy atom. The first-order valence-electron chi connectivity index (χ1n) is 7.41. The summed E-state index contributed by atoms with van der Waals surface area (Å²) in [5.74, 6) is -1.45. The van der Waals surface area contributed by atoms with Gasteiger partial charge in [0.15, 0.2) is 0 Å². The fourth-order valence-corrected chi connectivity index (χ4v) is 3.54. The molecule has 0 unspecified atom stereocenters. The zero-order valence-corrected chi connectivity index (χ0v) is 14.8. The average molecular weight is 367 g/mol. The fourth-order valence-electron chi connectivity index (χ4n) is 2.39. The molecular formula is C17H18FNO5S. The minimum atomic E-state index is -4.24. The van der Waals surface area contributed by atoms with E-state index in [9.17, 15) is 17.6 Å². The number of anilines is 1. The Hall–Kier alpha value is -2.61. The first-order valence-corrected chi connectivity index (χ1v) is 8.89. The number of rotatable bonds is 6. The second kappa shape index (κ2) is 7.52. The molecule has 0 aliphatic heterocycles. The molecule has 2 aromatic rings. The molecule has 0 aliphatic rings. The third-order valence-corrected chi connectivity index (χ3v) is 4.98. The average Bonchev–Trinajstić information content (AvgIpc) is 2.60. The summed E-state index contributed by atoms with van der Waals surface area (Å²) in [6, 6.07) is 8.01. The van der Waals surface area contributed by atoms with E-state index in [1.54, 1.807) is 6.07 Å². The molecule has 0 radical (unpaired) electrons. The van der Waals surface area contributed by atoms with Crippen LogP contribution in [0.3, 0.4) is 0 Å². The van der Waals surface area contributed by atoms with Crippen molar-refractivity contribution < 1.29 is 27.1 Å². The zero-order chi connectivity index (χ0) is 18.6. The lowest BCUT2D eigenvalue weighted by Gasteiger charge is -2.17. The molecule has 0 saturated heterocycles. The highest BCUT2D eigenvalue weighted by Crippen LogP contribution is 2.33. The number of hydrogen-bond donors (Lipinski definition) is 1. The Morgan fingerprint density at radius 2 is 1.84 bits per heavy atom. The zero-order valence-electron chi connectivity index (χ0n) is 14.0. The molecule has 0 spiro atoms. The molecule has 2 aromatic carbocycles. The minimum Gasteiger partial charge on any atom is -0.495 e. The smallest absolute Gasteiger partial charge is 0.343 e. The van der Waals surface area contributed by atoms with E-state index in [1.165, 1.54) is 32.4 Å². The van der Waals surface area contributed by atoms with E-state index in [1.807, 2.05) is 6.92 Å². The Bertz CT molecular complexity index is 896. The first-order chi connectivity index (χ1) is 11.9. The van der Waals surface area contributed by atoms with E-state index >= 15 is 0 Å². The summed E-state index contributed by atoms with van der Waals surface area (Å²) in [5, 5.41) is 0. The highest BCUT2D eigenvalue weighted by molar-refractivity contribution is 7.92. The van der Waals surface area contributed by atoms with Crippen LogP contribution in [0, 0.1) is 5.82 Å². The SMILES string of the molecule is CCc1ccc(NS(=O)(=O)c2ccccc2F)c(C(=O)OC)c1OC. The molecule has 134 valence electrons. The van der Waals surface area contributed by atoms with Gasteiger partial charge in [-0.3, -0.25) is 4.72 Å². The third-order valence-electron chi connectivity index (χ3n) is 3.58. The Balaban J connectivity index is 2.60. The predicted molar refractivity (Wildman–Crippen MR) is 90.9 cm³/mol. The molecule has 0 saturated carbocycles. The van der Waals surface area contributed by atoms with Crippen LogP contribution in [-0.4, -0.2) is 28.6 Å². The topological polar surface area (TPSA) is 81.7 Å². The lowest BCUT2D eigenvalue weighted by atomic mass is 10.0. The van der Waals surface area contributed by atoms with Crippen LogP contribution in [0.2, 0.25) is 0 Å². The van der Waals surface area contributed by atoms with Gasteiger partial charge in [0.1, 0.15) is 22.0 Å². The molecule has 8 heteroatoms. The number of esters is 1. The summed E-state index contributed by atoms with van der Waals surface area (Å²) < 4.78 is 51.1. The summed E-state index contributed by atoms with van der Waals surface area (Å²) in [7, 11) is -1.69. The summed E-state index contributed by atoms with van der Waals surface area (Å²) in [6.45, 7) is 1.86. The van der Waals surface area contributed by atoms with Crippen molar-refractivity contribution in [1.29, 1.82) is 0 Å². The van der Waals surface area contributed by atoms with E-state index < -0.39 is 26.7 Å². The molecular weight excluding hydrogens is 349 g/mol. The molecule has 0 amide bonds. The second-order valence-electron chi connectivity index (χ2n) is 5.06. The Labute approximate surface area is 145 Å². The van der Waals surface area contributed by atoms with Gasteiger partial charge < -0.3 is 9.47 Å². The van der Waals surface area contributed by atoms with Gasteiger partial charge in [-0.05, 0) is 30.2 Å². The molecule has 0 aromatic heterocycles. The third kappa shape index (κ3) is 3.74. The van der Waals surface area contributed by atoms with Gasteiger partial charge in [-0.25, -0.2) is 17.6 Å². The fraction of sp³-hybridized carbons (Fsp3) is 0.235. The van der Waals surface area contributed by atoms with Crippen LogP contribution >= 0.6 is 0 Å². The highest BCUT2D eigenvalue weighted by Gasteiger charge is 2.26. The number of benzene rings is 2. The Kier molecular flexibility index (Phi) is 5.63. The van der Waals surface area contributed by atoms with Crippen LogP contribution in [-0.2, 0) is 21.2 Å². The molecule has 1 N–H and O–H groups in total. The van der Waals surface area contributed by atoms with Crippen molar-refractivity contribution in [3.63, 3.8) is 0 Å². The van der Waals surface area contributed by atoms with Crippen molar-refractivity contribution in [1.82, 2.24) is 0 Å². The molecule has 0 atom stereocenters. The predicted octanol–water partition coefficient (Wildman–Crippen LogP) is 2.98. The lowest BCUT2D eigenvalue weighted by Crippen LogP contribution is -2.18. The highest BCUT2D eigenvalue weighted by atomic mass is 32.2. The summed E-state index contributed by atoms with van der Waals surface area (Å²) >= 11 is 0. The van der Waals surface area contributed by atoms with Crippen molar-refractivity contribution in [2.24, 2.45) is 0 Å². The number of methoxy groups -OCH3 is 2. The minimum absolute atomic E-state index is 0.0517. The van der Waals surface area contributed by atoms with Crippen molar-refractivity contribution in [2.45, 2.75) is 18.2 Å². The number of aryl methyl sites for hydroxylation is 1. The van der Waals surface area contributed by atoms with Crippen molar-refractivity contribution in [3.05, 3.63) is 53.3 Å². The van der Waals surface area contributed by atoms with Crippen LogP contribution in [0.25, 0.3) is 0 Å². The summed E-state index contributed by atoms with van der Waals surface area (Å²) in [4.78, 5) is 11.6. The van der Waals surface area contributed by atoms with Crippen LogP contribution < -0.4 is 9.46 Å². The second-order valence-corrected chi connectivity index (χ2v) is 6.71. The normalized spacial score (nSPS) is 11.0. The molecule has 0 fully saturated rings. The molecule has 2 rings (SSSR count). The molecule has 0 bridgehead atoms. The largest absolute Gasteiger partial charge is 0.495 e. The van der Waals surface area contributed by atoms with Crippen LogP contribution in [0.4, 0.5) is 10.1 Å². The van der Waals surface area contributed by atoms with Crippen molar-refractivity contribution >= 4 is 21.7 Å². The van der Waals surface area contributed by atoms with Gasteiger partial charge in [0.05, 0.1) is 19.9 Å². The molecule has 6 nitrogen and oxygen atoms in total. The summed E-state index contributed by atoms with van der Waals surface area (Å²) in [6.07, 6.45) is 0.563. The lowest BCUT2D eigenvalue weighted by molar-refractivity contribution is 0.0598. The van der Waals surface area contributed by atoms with Crippen molar-refractivity contribution in [3.8, 4) is 5.75 Å². The Morgan fingerprint density at radius 1 is 1.16 bits per heavy atom. The maximum Gasteiger partial charge on any atom is 0.343 e. The first kappa shape index (κ1) is 18.7. The number of halogens is 1. The summed E-state index contributed by atoms with van der Waals surface area (Å²) in [5.41, 5.74) is 0.588. The van der Waals surface area contributed by atoms with Crippen LogP contribution in [0.1, 0.15) is 22.8 Å². The monoisotopic (exact) mass is 367 g/mol. The molecule has 25 heavy (non-hydrogen) atoms. The number of sulfonamides is 1. The van der Waals surface area contributed by atoms with Gasteiger partial charge in [-0.2, -0.15) is 0 Å². The van der Waals surface area contributed by atoms with Gasteiger partial charge >= 0.3 is 5.97 Å². The standard InChI is InChI=1S/C17H18FNO5S/c1-4-11-9-10-13(15(16(11)23-2)17(20)24-3)19-25(21,22)14-8-6-5-7-12(14)18/h5-10,19H,4H2,1-3H3. The van der Waals surface area contributed by atoms with Gasteiger partial charge in [-0.15, -0.1) is 0 Å². The maximum atomic E-state index is 13.8. The maximum absolute atomic E-state index is 13.8. The van der Waals surface area contributed by atoms with Gasteiger partial charge in [0, 0.05) is 0 Å². The van der Waals surface area contributed by atoms with E-state index in [0.717, 1.165) is 12.1 Å². The number of carbonyl (C=O) groups is 1. The van der Waals surface area contributed by atoms with E-state index in [0.29, 0.717) is 12.0 Å². The van der Waals surface area contributed by atoms with Gasteiger partial charge in [0.25, 0.3) is 10.0 Å². The van der Waals surface area contributed by atoms with Gasteiger partial charge in [-0.1, -0.05) is 25.1 Å².